The van der Waals surface area contributed by atoms with Crippen molar-refractivity contribution in [1.82, 2.24) is 24.8 Å². The number of hydrogen-bond donors (Lipinski definition) is 3. The fourth-order valence-electron chi connectivity index (χ4n) is 5.92. The molecule has 0 unspecified atom stereocenters. The molecule has 45 heavy (non-hydrogen) atoms. The molecule has 0 radical (unpaired) electrons. The van der Waals surface area contributed by atoms with Gasteiger partial charge < -0.3 is 25.4 Å². The highest BCUT2D eigenvalue weighted by Gasteiger charge is 2.38. The summed E-state index contributed by atoms with van der Waals surface area (Å²) in [6.45, 7) is 2.98. The van der Waals surface area contributed by atoms with Crippen LogP contribution in [0.5, 0.6) is 0 Å². The Morgan fingerprint density at radius 3 is 2.49 bits per heavy atom. The van der Waals surface area contributed by atoms with E-state index in [1.165, 1.54) is 11.1 Å². The van der Waals surface area contributed by atoms with Gasteiger partial charge in [0.25, 0.3) is 5.91 Å². The summed E-state index contributed by atoms with van der Waals surface area (Å²) >= 11 is 0. The van der Waals surface area contributed by atoms with Gasteiger partial charge in [0.15, 0.2) is 0 Å². The zero-order valence-electron chi connectivity index (χ0n) is 25.3. The molecule has 11 heteroatoms. The molecule has 1 saturated heterocycles. The molecule has 11 nitrogen and oxygen atoms in total. The van der Waals surface area contributed by atoms with E-state index >= 15 is 0 Å². The van der Waals surface area contributed by atoms with Crippen molar-refractivity contribution in [2.24, 2.45) is 5.92 Å². The number of nitrogens with zero attached hydrogens (tertiary/aromatic N) is 4. The molecule has 2 aromatic heterocycles. The molecule has 2 aromatic carbocycles. The number of hydrogen-bond acceptors (Lipinski definition) is 6. The molecule has 1 saturated carbocycles. The van der Waals surface area contributed by atoms with Gasteiger partial charge in [-0.25, -0.2) is 4.98 Å². The lowest BCUT2D eigenvalue weighted by Gasteiger charge is -2.32. The van der Waals surface area contributed by atoms with Crippen molar-refractivity contribution in [3.63, 3.8) is 0 Å². The van der Waals surface area contributed by atoms with E-state index in [9.17, 15) is 19.2 Å². The van der Waals surface area contributed by atoms with Crippen molar-refractivity contribution in [2.75, 3.05) is 30.3 Å². The Morgan fingerprint density at radius 1 is 0.978 bits per heavy atom. The maximum Gasteiger partial charge on any atom is 0.255 e. The van der Waals surface area contributed by atoms with Gasteiger partial charge in [0.2, 0.25) is 17.7 Å². The minimum Gasteiger partial charge on any atom is -0.338 e. The Balaban J connectivity index is 1.07. The fourth-order valence-corrected chi connectivity index (χ4v) is 5.92. The summed E-state index contributed by atoms with van der Waals surface area (Å²) in [4.78, 5) is 66.9. The third-order valence-electron chi connectivity index (χ3n) is 8.51. The highest BCUT2D eigenvalue weighted by Crippen LogP contribution is 2.32. The van der Waals surface area contributed by atoms with Crippen LogP contribution in [0, 0.1) is 5.92 Å². The summed E-state index contributed by atoms with van der Waals surface area (Å²) in [7, 11) is 0. The molecule has 6 rings (SSSR count). The van der Waals surface area contributed by atoms with Gasteiger partial charge in [-0.05, 0) is 86.7 Å². The molecule has 1 aliphatic carbocycles. The second-order valence-electron chi connectivity index (χ2n) is 11.7. The van der Waals surface area contributed by atoms with Crippen molar-refractivity contribution in [3.05, 3.63) is 72.6 Å². The van der Waals surface area contributed by atoms with Gasteiger partial charge in [-0.3, -0.25) is 24.2 Å². The summed E-state index contributed by atoms with van der Waals surface area (Å²) in [5.74, 6) is 0.156. The maximum absolute atomic E-state index is 13.1. The summed E-state index contributed by atoms with van der Waals surface area (Å²) in [5, 5.41) is 5.86. The average Bonchev–Trinajstić information content (AvgIpc) is 3.68. The first-order chi connectivity index (χ1) is 21.9. The van der Waals surface area contributed by atoms with Crippen LogP contribution in [0.4, 0.5) is 11.4 Å². The number of amides is 4. The van der Waals surface area contributed by atoms with Crippen LogP contribution in [0.3, 0.4) is 0 Å². The number of benzene rings is 2. The molecule has 0 bridgehead atoms. The van der Waals surface area contributed by atoms with Gasteiger partial charge in [0, 0.05) is 48.3 Å². The summed E-state index contributed by atoms with van der Waals surface area (Å²) < 4.78 is 0. The largest absolute Gasteiger partial charge is 0.338 e. The number of likely N-dealkylation sites (tertiary alicyclic amines) is 1. The number of carbonyl (C=O) groups excluding carboxylic acids is 4. The van der Waals surface area contributed by atoms with Crippen LogP contribution in [-0.4, -0.2) is 74.1 Å². The quantitative estimate of drug-likeness (QED) is 0.236. The van der Waals surface area contributed by atoms with E-state index in [1.54, 1.807) is 35.4 Å². The summed E-state index contributed by atoms with van der Waals surface area (Å²) in [6, 6.07) is 15.8. The van der Waals surface area contributed by atoms with Crippen LogP contribution in [0.2, 0.25) is 0 Å². The second kappa shape index (κ2) is 13.3. The molecule has 4 amide bonds. The number of imidazole rings is 1. The normalized spacial score (nSPS) is 16.3. The number of pyridine rings is 1. The Morgan fingerprint density at radius 2 is 1.78 bits per heavy atom. The zero-order chi connectivity index (χ0) is 31.3. The summed E-state index contributed by atoms with van der Waals surface area (Å²) in [5.41, 5.74) is 4.02. The van der Waals surface area contributed by atoms with Crippen molar-refractivity contribution in [2.45, 2.75) is 51.5 Å². The number of carbonyl (C=O) groups is 4. The van der Waals surface area contributed by atoms with Gasteiger partial charge in [-0.1, -0.05) is 13.3 Å². The van der Waals surface area contributed by atoms with Crippen LogP contribution < -0.4 is 10.6 Å². The lowest BCUT2D eigenvalue weighted by Crippen LogP contribution is -2.46. The number of anilines is 2. The van der Waals surface area contributed by atoms with Crippen molar-refractivity contribution < 1.29 is 19.2 Å². The first-order valence-electron chi connectivity index (χ1n) is 15.6. The van der Waals surface area contributed by atoms with E-state index < -0.39 is 6.04 Å². The fraction of sp³-hybridized carbons (Fsp3) is 0.353. The van der Waals surface area contributed by atoms with E-state index in [1.807, 2.05) is 37.3 Å². The molecule has 2 fully saturated rings. The van der Waals surface area contributed by atoms with Crippen LogP contribution in [-0.2, 0) is 14.4 Å². The number of aromatic nitrogens is 3. The van der Waals surface area contributed by atoms with E-state index in [2.05, 4.69) is 20.6 Å². The smallest absolute Gasteiger partial charge is 0.255 e. The third-order valence-corrected chi connectivity index (χ3v) is 8.51. The third kappa shape index (κ3) is 6.72. The Hall–Kier alpha value is -5.06. The Labute approximate surface area is 261 Å². The molecule has 1 atom stereocenters. The second-order valence-corrected chi connectivity index (χ2v) is 11.7. The molecule has 0 spiro atoms. The van der Waals surface area contributed by atoms with Crippen LogP contribution in [0.15, 0.2) is 67.0 Å². The van der Waals surface area contributed by atoms with E-state index in [-0.39, 0.29) is 36.1 Å². The zero-order valence-corrected chi connectivity index (χ0v) is 25.3. The minimum atomic E-state index is -0.432. The molecular formula is C34H37N7O4. The lowest BCUT2D eigenvalue weighted by molar-refractivity contribution is -0.142. The van der Waals surface area contributed by atoms with Gasteiger partial charge >= 0.3 is 0 Å². The Bertz CT molecular complexity index is 1700. The molecule has 4 aromatic rings. The average molecular weight is 608 g/mol. The van der Waals surface area contributed by atoms with Gasteiger partial charge in [0.05, 0.1) is 16.6 Å². The maximum atomic E-state index is 13.1. The number of nitrogens with one attached hydrogen (secondary N) is 3. The van der Waals surface area contributed by atoms with E-state index in [4.69, 9.17) is 4.98 Å². The SMILES string of the molecule is CCCN(CC(=O)Nc1ccc(-c2nc3cc(NC(=O)[C@@H]4CCCN4C(=O)C4CCC4)ccc3[nH]2)cc1)C(=O)c1cccnc1. The van der Waals surface area contributed by atoms with Crippen LogP contribution >= 0.6 is 0 Å². The highest BCUT2D eigenvalue weighted by molar-refractivity contribution is 6.00. The molecule has 1 aliphatic heterocycles. The molecule has 3 heterocycles. The summed E-state index contributed by atoms with van der Waals surface area (Å²) in [6.07, 6.45) is 8.27. The standard InChI is InChI=1S/C34H37N7O4/c1-2-17-40(33(44)24-8-4-16-35-20-24)21-30(42)36-25-12-10-22(11-13-25)31-38-27-15-14-26(19-28(27)39-31)37-32(43)29-9-5-18-41(29)34(45)23-6-3-7-23/h4,8,10-16,19-20,23,29H,2-3,5-7,9,17-18,21H2,1H3,(H,36,42)(H,37,43)(H,38,39)/t29-/m0/s1. The molecule has 3 N–H and O–H groups in total. The number of rotatable bonds is 10. The first-order valence-corrected chi connectivity index (χ1v) is 15.6. The van der Waals surface area contributed by atoms with Gasteiger partial charge in [-0.2, -0.15) is 0 Å². The van der Waals surface area contributed by atoms with Crippen LogP contribution in [0.1, 0.15) is 55.8 Å². The van der Waals surface area contributed by atoms with Crippen molar-refractivity contribution in [1.29, 1.82) is 0 Å². The number of H-pyrrole nitrogens is 1. The van der Waals surface area contributed by atoms with E-state index in [0.717, 1.165) is 43.2 Å². The molecule has 232 valence electrons. The minimum absolute atomic E-state index is 0.0681. The topological polar surface area (TPSA) is 140 Å². The molecule has 2 aliphatic rings. The number of fused-ring (bicyclic) bond motifs is 1. The van der Waals surface area contributed by atoms with Crippen molar-refractivity contribution in [3.8, 4) is 11.4 Å². The predicted octanol–water partition coefficient (Wildman–Crippen LogP) is 4.85. The lowest BCUT2D eigenvalue weighted by atomic mass is 9.84. The van der Waals surface area contributed by atoms with Crippen molar-refractivity contribution >= 4 is 46.0 Å². The van der Waals surface area contributed by atoms with E-state index in [0.29, 0.717) is 47.8 Å². The Kier molecular flexibility index (Phi) is 8.86. The number of aromatic amines is 1. The van der Waals surface area contributed by atoms with Gasteiger partial charge in [0.1, 0.15) is 18.4 Å². The van der Waals surface area contributed by atoms with Crippen LogP contribution in [0.25, 0.3) is 22.4 Å². The highest BCUT2D eigenvalue weighted by atomic mass is 16.2. The molecular weight excluding hydrogens is 570 g/mol. The monoisotopic (exact) mass is 607 g/mol. The van der Waals surface area contributed by atoms with Gasteiger partial charge in [-0.15, -0.1) is 0 Å². The predicted molar refractivity (Wildman–Crippen MR) is 171 cm³/mol. The first kappa shape index (κ1) is 30.0.